The molecule has 0 aliphatic carbocycles. The average Bonchev–Trinajstić information content (AvgIpc) is 2.54. The molecule has 2 nitrogen and oxygen atoms in total. The maximum atomic E-state index is 6.24. The summed E-state index contributed by atoms with van der Waals surface area (Å²) < 4.78 is 6.72. The number of halogens is 1. The van der Waals surface area contributed by atoms with Crippen molar-refractivity contribution in [2.75, 3.05) is 13.2 Å². The molecule has 3 N–H and O–H groups in total. The largest absolute Gasteiger partial charge is 0.488 e. The summed E-state index contributed by atoms with van der Waals surface area (Å²) in [6.45, 7) is 5.63. The van der Waals surface area contributed by atoms with E-state index < -0.39 is 0 Å². The molecule has 0 saturated carbocycles. The third-order valence-electron chi connectivity index (χ3n) is 2.62. The lowest BCUT2D eigenvalue weighted by atomic mass is 10.1. The fourth-order valence-corrected chi connectivity index (χ4v) is 3.02. The van der Waals surface area contributed by atoms with Crippen LogP contribution in [0, 0.1) is 13.8 Å². The SMILES string of the molecule is Cc1sc2c(Cl)cc(OCC[NH3+])cc2c1C. The smallest absolute Gasteiger partial charge is 0.137 e. The van der Waals surface area contributed by atoms with Gasteiger partial charge in [-0.1, -0.05) is 11.6 Å². The minimum absolute atomic E-state index is 0.629. The Balaban J connectivity index is 2.52. The van der Waals surface area contributed by atoms with E-state index in [1.165, 1.54) is 15.8 Å². The number of hydrogen-bond donors (Lipinski definition) is 1. The van der Waals surface area contributed by atoms with Crippen molar-refractivity contribution in [2.45, 2.75) is 13.8 Å². The molecule has 0 fully saturated rings. The van der Waals surface area contributed by atoms with Gasteiger partial charge in [0.15, 0.2) is 0 Å². The molecule has 0 unspecified atom stereocenters. The van der Waals surface area contributed by atoms with Crippen LogP contribution in [0.15, 0.2) is 12.1 Å². The first-order chi connectivity index (χ1) is 7.63. The third-order valence-corrected chi connectivity index (χ3v) is 4.28. The normalized spacial score (nSPS) is 11.0. The highest BCUT2D eigenvalue weighted by Gasteiger charge is 2.10. The molecule has 86 valence electrons. The minimum Gasteiger partial charge on any atom is -0.488 e. The first-order valence-corrected chi connectivity index (χ1v) is 6.44. The molecule has 0 aliphatic heterocycles. The summed E-state index contributed by atoms with van der Waals surface area (Å²) >= 11 is 7.98. The molecule has 0 radical (unpaired) electrons. The van der Waals surface area contributed by atoms with Gasteiger partial charge < -0.3 is 10.5 Å². The Hall–Kier alpha value is -0.770. The minimum atomic E-state index is 0.629. The molecule has 0 aliphatic rings. The van der Waals surface area contributed by atoms with Crippen LogP contribution < -0.4 is 10.5 Å². The van der Waals surface area contributed by atoms with Crippen molar-refractivity contribution in [1.29, 1.82) is 0 Å². The van der Waals surface area contributed by atoms with Gasteiger partial charge in [-0.2, -0.15) is 0 Å². The topological polar surface area (TPSA) is 36.9 Å². The molecule has 0 atom stereocenters. The maximum Gasteiger partial charge on any atom is 0.137 e. The molecule has 0 bridgehead atoms. The zero-order valence-electron chi connectivity index (χ0n) is 9.47. The van der Waals surface area contributed by atoms with E-state index in [-0.39, 0.29) is 0 Å². The Kier molecular flexibility index (Phi) is 3.38. The highest BCUT2D eigenvalue weighted by atomic mass is 35.5. The highest BCUT2D eigenvalue weighted by Crippen LogP contribution is 2.38. The number of benzene rings is 1. The van der Waals surface area contributed by atoms with Crippen molar-refractivity contribution in [1.82, 2.24) is 0 Å². The lowest BCUT2D eigenvalue weighted by Crippen LogP contribution is -2.52. The first-order valence-electron chi connectivity index (χ1n) is 5.24. The second-order valence-electron chi connectivity index (χ2n) is 3.77. The molecule has 0 spiro atoms. The van der Waals surface area contributed by atoms with Gasteiger partial charge in [0.1, 0.15) is 18.9 Å². The highest BCUT2D eigenvalue weighted by molar-refractivity contribution is 7.19. The second-order valence-corrected chi connectivity index (χ2v) is 5.40. The van der Waals surface area contributed by atoms with Crippen LogP contribution in [0.2, 0.25) is 5.02 Å². The van der Waals surface area contributed by atoms with Crippen LogP contribution in [0.5, 0.6) is 5.75 Å². The number of fused-ring (bicyclic) bond motifs is 1. The Morgan fingerprint density at radius 3 is 2.81 bits per heavy atom. The predicted octanol–water partition coefficient (Wildman–Crippen LogP) is 2.79. The molecular weight excluding hydrogens is 242 g/mol. The molecule has 1 heterocycles. The van der Waals surface area contributed by atoms with Gasteiger partial charge in [-0.25, -0.2) is 0 Å². The first kappa shape index (κ1) is 11.7. The van der Waals surface area contributed by atoms with Crippen molar-refractivity contribution in [3.8, 4) is 5.75 Å². The fraction of sp³-hybridized carbons (Fsp3) is 0.333. The van der Waals surface area contributed by atoms with Gasteiger partial charge in [-0.15, -0.1) is 11.3 Å². The van der Waals surface area contributed by atoms with Crippen molar-refractivity contribution in [3.05, 3.63) is 27.6 Å². The Morgan fingerprint density at radius 1 is 1.38 bits per heavy atom. The molecule has 0 amide bonds. The van der Waals surface area contributed by atoms with Crippen LogP contribution in [-0.4, -0.2) is 13.2 Å². The molecule has 2 rings (SSSR count). The van der Waals surface area contributed by atoms with Gasteiger partial charge in [-0.05, 0) is 25.5 Å². The Labute approximate surface area is 104 Å². The summed E-state index contributed by atoms with van der Waals surface area (Å²) in [6, 6.07) is 3.95. The number of rotatable bonds is 3. The van der Waals surface area contributed by atoms with Crippen LogP contribution in [-0.2, 0) is 0 Å². The Morgan fingerprint density at radius 2 is 2.12 bits per heavy atom. The lowest BCUT2D eigenvalue weighted by Gasteiger charge is -2.05. The number of aryl methyl sites for hydroxylation is 2. The van der Waals surface area contributed by atoms with Gasteiger partial charge in [-0.3, -0.25) is 0 Å². The van der Waals surface area contributed by atoms with E-state index in [0.29, 0.717) is 6.61 Å². The summed E-state index contributed by atoms with van der Waals surface area (Å²) in [7, 11) is 0. The molecule has 0 saturated heterocycles. The summed E-state index contributed by atoms with van der Waals surface area (Å²) in [4.78, 5) is 1.31. The number of quaternary nitrogens is 1. The standard InChI is InChI=1S/C12H14ClNOS/c1-7-8(2)16-12-10(7)5-9(6-11(12)13)15-4-3-14/h5-6H,3-4,14H2,1-2H3/p+1. The van der Waals surface area contributed by atoms with Crippen LogP contribution >= 0.6 is 22.9 Å². The molecule has 16 heavy (non-hydrogen) atoms. The number of ether oxygens (including phenoxy) is 1. The van der Waals surface area contributed by atoms with Crippen molar-refractivity contribution >= 4 is 33.0 Å². The second kappa shape index (κ2) is 4.62. The van der Waals surface area contributed by atoms with E-state index in [1.807, 2.05) is 6.07 Å². The Bertz CT molecular complexity index is 521. The third kappa shape index (κ3) is 2.03. The molecule has 1 aromatic carbocycles. The maximum absolute atomic E-state index is 6.24. The van der Waals surface area contributed by atoms with E-state index >= 15 is 0 Å². The van der Waals surface area contributed by atoms with Crippen molar-refractivity contribution < 1.29 is 10.5 Å². The average molecular weight is 257 g/mol. The molecule has 4 heteroatoms. The van der Waals surface area contributed by atoms with E-state index in [2.05, 4.69) is 25.6 Å². The van der Waals surface area contributed by atoms with E-state index in [0.717, 1.165) is 22.0 Å². The van der Waals surface area contributed by atoms with Gasteiger partial charge in [0.2, 0.25) is 0 Å². The fourth-order valence-electron chi connectivity index (χ4n) is 1.64. The van der Waals surface area contributed by atoms with Crippen LogP contribution in [0.25, 0.3) is 10.1 Å². The van der Waals surface area contributed by atoms with Crippen molar-refractivity contribution in [2.24, 2.45) is 0 Å². The monoisotopic (exact) mass is 256 g/mol. The van der Waals surface area contributed by atoms with Gasteiger partial charge in [0.25, 0.3) is 0 Å². The molecule has 2 aromatic rings. The summed E-state index contributed by atoms with van der Waals surface area (Å²) in [5.74, 6) is 0.835. The van der Waals surface area contributed by atoms with Crippen molar-refractivity contribution in [3.63, 3.8) is 0 Å². The molecular formula is C12H15ClNOS+. The van der Waals surface area contributed by atoms with Gasteiger partial charge >= 0.3 is 0 Å². The van der Waals surface area contributed by atoms with E-state index in [9.17, 15) is 0 Å². The zero-order chi connectivity index (χ0) is 11.7. The zero-order valence-corrected chi connectivity index (χ0v) is 11.0. The van der Waals surface area contributed by atoms with E-state index in [1.54, 1.807) is 11.3 Å². The summed E-state index contributed by atoms with van der Waals surface area (Å²) in [6.07, 6.45) is 0. The number of hydrogen-bond acceptors (Lipinski definition) is 2. The quantitative estimate of drug-likeness (QED) is 0.901. The van der Waals surface area contributed by atoms with Crippen LogP contribution in [0.3, 0.4) is 0 Å². The van der Waals surface area contributed by atoms with Crippen LogP contribution in [0.4, 0.5) is 0 Å². The number of thiophene rings is 1. The van der Waals surface area contributed by atoms with Gasteiger partial charge in [0.05, 0.1) is 9.72 Å². The summed E-state index contributed by atoms with van der Waals surface area (Å²) in [5.41, 5.74) is 5.04. The van der Waals surface area contributed by atoms with Gasteiger partial charge in [0, 0.05) is 16.3 Å². The lowest BCUT2D eigenvalue weighted by molar-refractivity contribution is -0.370. The summed E-state index contributed by atoms with van der Waals surface area (Å²) in [5, 5.41) is 1.98. The predicted molar refractivity (Wildman–Crippen MR) is 69.6 cm³/mol. The van der Waals surface area contributed by atoms with E-state index in [4.69, 9.17) is 16.3 Å². The van der Waals surface area contributed by atoms with Crippen LogP contribution in [0.1, 0.15) is 10.4 Å². The molecule has 1 aromatic heterocycles.